The van der Waals surface area contributed by atoms with E-state index < -0.39 is 26.8 Å². The lowest BCUT2D eigenvalue weighted by atomic mass is 10.3. The number of benzene rings is 1. The van der Waals surface area contributed by atoms with Crippen molar-refractivity contribution in [2.75, 3.05) is 6.54 Å². The van der Waals surface area contributed by atoms with Gasteiger partial charge in [-0.15, -0.1) is 0 Å². The van der Waals surface area contributed by atoms with Crippen molar-refractivity contribution in [3.63, 3.8) is 0 Å². The molecule has 98 valence electrons. The number of halogens is 2. The van der Waals surface area contributed by atoms with E-state index in [0.29, 0.717) is 4.47 Å². The van der Waals surface area contributed by atoms with Gasteiger partial charge in [-0.25, -0.2) is 17.5 Å². The van der Waals surface area contributed by atoms with E-state index >= 15 is 0 Å². The summed E-state index contributed by atoms with van der Waals surface area (Å²) in [5, 5.41) is 2.50. The second kappa shape index (κ2) is 4.94. The highest BCUT2D eigenvalue weighted by molar-refractivity contribution is 9.10. The minimum absolute atomic E-state index is 0.0668. The fourth-order valence-electron chi connectivity index (χ4n) is 1.66. The number of sulfonamides is 1. The van der Waals surface area contributed by atoms with E-state index in [9.17, 15) is 17.6 Å². The Kier molecular flexibility index (Phi) is 3.69. The Balaban J connectivity index is 2.23. The maximum absolute atomic E-state index is 13.6. The highest BCUT2D eigenvalue weighted by Gasteiger charge is 2.28. The molecule has 1 unspecified atom stereocenters. The van der Waals surface area contributed by atoms with Gasteiger partial charge in [0, 0.05) is 23.5 Å². The van der Waals surface area contributed by atoms with Crippen LogP contribution in [0.1, 0.15) is 6.42 Å². The van der Waals surface area contributed by atoms with Gasteiger partial charge >= 0.3 is 0 Å². The first-order valence-electron chi connectivity index (χ1n) is 5.12. The largest absolute Gasteiger partial charge is 0.354 e. The van der Waals surface area contributed by atoms with Crippen LogP contribution in [0.5, 0.6) is 0 Å². The highest BCUT2D eigenvalue weighted by Crippen LogP contribution is 2.20. The van der Waals surface area contributed by atoms with E-state index in [1.807, 2.05) is 0 Å². The molecule has 0 bridgehead atoms. The van der Waals surface area contributed by atoms with Gasteiger partial charge < -0.3 is 5.32 Å². The summed E-state index contributed by atoms with van der Waals surface area (Å²) in [6, 6.07) is 3.15. The lowest BCUT2D eigenvalue weighted by molar-refractivity contribution is -0.119. The van der Waals surface area contributed by atoms with Crippen molar-refractivity contribution in [3.05, 3.63) is 28.5 Å². The number of hydrogen-bond donors (Lipinski definition) is 2. The molecule has 0 saturated carbocycles. The predicted molar refractivity (Wildman–Crippen MR) is 65.8 cm³/mol. The molecule has 8 heteroatoms. The van der Waals surface area contributed by atoms with Crippen LogP contribution >= 0.6 is 15.9 Å². The van der Waals surface area contributed by atoms with Crippen LogP contribution in [0.2, 0.25) is 0 Å². The molecule has 2 rings (SSSR count). The van der Waals surface area contributed by atoms with Gasteiger partial charge in [0.15, 0.2) is 0 Å². The standard InChI is InChI=1S/C10H10BrFN2O3S/c11-6-1-2-9(8(12)3-6)18(16,17)14-7-4-10(15)13-5-7/h1-3,7,14H,4-5H2,(H,13,15). The van der Waals surface area contributed by atoms with Crippen molar-refractivity contribution in [1.29, 1.82) is 0 Å². The Morgan fingerprint density at radius 2 is 2.17 bits per heavy atom. The summed E-state index contributed by atoms with van der Waals surface area (Å²) in [4.78, 5) is 10.5. The molecule has 1 fully saturated rings. The summed E-state index contributed by atoms with van der Waals surface area (Å²) in [6.45, 7) is 0.218. The Morgan fingerprint density at radius 1 is 1.44 bits per heavy atom. The topological polar surface area (TPSA) is 75.3 Å². The van der Waals surface area contributed by atoms with Crippen LogP contribution in [0.4, 0.5) is 4.39 Å². The number of amides is 1. The van der Waals surface area contributed by atoms with E-state index in [4.69, 9.17) is 0 Å². The van der Waals surface area contributed by atoms with E-state index in [2.05, 4.69) is 26.0 Å². The van der Waals surface area contributed by atoms with Crippen LogP contribution in [0, 0.1) is 5.82 Å². The quantitative estimate of drug-likeness (QED) is 0.855. The zero-order valence-corrected chi connectivity index (χ0v) is 11.5. The van der Waals surface area contributed by atoms with Crippen molar-refractivity contribution in [2.24, 2.45) is 0 Å². The molecule has 18 heavy (non-hydrogen) atoms. The summed E-state index contributed by atoms with van der Waals surface area (Å²) in [7, 11) is -3.95. The number of carbonyl (C=O) groups excluding carboxylic acids is 1. The third kappa shape index (κ3) is 2.88. The second-order valence-corrected chi connectivity index (χ2v) is 6.50. The number of carbonyl (C=O) groups is 1. The van der Waals surface area contributed by atoms with Crippen molar-refractivity contribution in [2.45, 2.75) is 17.4 Å². The zero-order chi connectivity index (χ0) is 13.3. The summed E-state index contributed by atoms with van der Waals surface area (Å²) >= 11 is 3.05. The Labute approximate surface area is 112 Å². The lowest BCUT2D eigenvalue weighted by Gasteiger charge is -2.11. The molecular formula is C10H10BrFN2O3S. The van der Waals surface area contributed by atoms with Crippen LogP contribution in [0.25, 0.3) is 0 Å². The Morgan fingerprint density at radius 3 is 2.72 bits per heavy atom. The van der Waals surface area contributed by atoms with Crippen LogP contribution in [0.15, 0.2) is 27.6 Å². The van der Waals surface area contributed by atoms with Gasteiger partial charge in [0.1, 0.15) is 10.7 Å². The molecule has 1 aliphatic heterocycles. The monoisotopic (exact) mass is 336 g/mol. The summed E-state index contributed by atoms with van der Waals surface area (Å²) in [5.74, 6) is -1.06. The smallest absolute Gasteiger partial charge is 0.243 e. The average molecular weight is 337 g/mol. The summed E-state index contributed by atoms with van der Waals surface area (Å²) in [6.07, 6.45) is 0.0668. The molecule has 1 atom stereocenters. The van der Waals surface area contributed by atoms with E-state index in [1.54, 1.807) is 0 Å². The molecule has 5 nitrogen and oxygen atoms in total. The van der Waals surface area contributed by atoms with E-state index in [1.165, 1.54) is 12.1 Å². The number of rotatable bonds is 3. The normalized spacial score (nSPS) is 19.9. The summed E-state index contributed by atoms with van der Waals surface area (Å²) < 4.78 is 40.2. The maximum atomic E-state index is 13.6. The maximum Gasteiger partial charge on any atom is 0.243 e. The molecular weight excluding hydrogens is 327 g/mol. The lowest BCUT2D eigenvalue weighted by Crippen LogP contribution is -2.36. The van der Waals surface area contributed by atoms with Crippen LogP contribution in [-0.2, 0) is 14.8 Å². The molecule has 0 aliphatic carbocycles. The van der Waals surface area contributed by atoms with Gasteiger partial charge in [-0.2, -0.15) is 0 Å². The minimum atomic E-state index is -3.95. The summed E-state index contributed by atoms with van der Waals surface area (Å²) in [5.41, 5.74) is 0. The van der Waals surface area contributed by atoms with Gasteiger partial charge in [0.2, 0.25) is 15.9 Å². The molecule has 1 amide bonds. The minimum Gasteiger partial charge on any atom is -0.354 e. The molecule has 1 aromatic rings. The predicted octanol–water partition coefficient (Wildman–Crippen LogP) is 0.755. The molecule has 0 spiro atoms. The first kappa shape index (κ1) is 13.4. The third-order valence-electron chi connectivity index (χ3n) is 2.48. The molecule has 1 aromatic carbocycles. The van der Waals surface area contributed by atoms with Crippen molar-refractivity contribution < 1.29 is 17.6 Å². The molecule has 0 aromatic heterocycles. The van der Waals surface area contributed by atoms with Gasteiger partial charge in [-0.05, 0) is 18.2 Å². The van der Waals surface area contributed by atoms with E-state index in [-0.39, 0.29) is 18.9 Å². The van der Waals surface area contributed by atoms with Crippen molar-refractivity contribution in [1.82, 2.24) is 10.0 Å². The van der Waals surface area contributed by atoms with Gasteiger partial charge in [-0.3, -0.25) is 4.79 Å². The third-order valence-corrected chi connectivity index (χ3v) is 4.53. The zero-order valence-electron chi connectivity index (χ0n) is 9.11. The molecule has 2 N–H and O–H groups in total. The fourth-order valence-corrected chi connectivity index (χ4v) is 3.29. The Bertz CT molecular complexity index is 591. The van der Waals surface area contributed by atoms with E-state index in [0.717, 1.165) is 6.07 Å². The Hall–Kier alpha value is -0.990. The van der Waals surface area contributed by atoms with Gasteiger partial charge in [-0.1, -0.05) is 15.9 Å². The first-order chi connectivity index (χ1) is 8.38. The first-order valence-corrected chi connectivity index (χ1v) is 7.40. The fraction of sp³-hybridized carbons (Fsp3) is 0.300. The van der Waals surface area contributed by atoms with Crippen LogP contribution < -0.4 is 10.0 Å². The molecule has 0 radical (unpaired) electrons. The van der Waals surface area contributed by atoms with Crippen LogP contribution in [-0.4, -0.2) is 26.9 Å². The highest BCUT2D eigenvalue weighted by atomic mass is 79.9. The van der Waals surface area contributed by atoms with Crippen molar-refractivity contribution in [3.8, 4) is 0 Å². The average Bonchev–Trinajstić information content (AvgIpc) is 2.62. The van der Waals surface area contributed by atoms with Gasteiger partial charge in [0.25, 0.3) is 0 Å². The van der Waals surface area contributed by atoms with Crippen LogP contribution in [0.3, 0.4) is 0 Å². The SMILES string of the molecule is O=C1CC(NS(=O)(=O)c2ccc(Br)cc2F)CN1. The second-order valence-electron chi connectivity index (χ2n) is 3.90. The van der Waals surface area contributed by atoms with Crippen molar-refractivity contribution >= 4 is 31.9 Å². The molecule has 1 aliphatic rings. The molecule has 1 saturated heterocycles. The number of hydrogen-bond acceptors (Lipinski definition) is 3. The molecule has 1 heterocycles. The number of nitrogens with one attached hydrogen (secondary N) is 2. The van der Waals surface area contributed by atoms with Gasteiger partial charge in [0.05, 0.1) is 0 Å².